The number of H-pyrrole nitrogens is 2. The van der Waals surface area contributed by atoms with Crippen molar-refractivity contribution in [1.29, 1.82) is 0 Å². The van der Waals surface area contributed by atoms with Gasteiger partial charge in [-0.1, -0.05) is 0 Å². The van der Waals surface area contributed by atoms with Crippen molar-refractivity contribution in [1.82, 2.24) is 20.2 Å². The first kappa shape index (κ1) is 12.5. The lowest BCUT2D eigenvalue weighted by Crippen LogP contribution is -2.46. The van der Waals surface area contributed by atoms with Crippen molar-refractivity contribution in [2.45, 2.75) is 12.1 Å². The van der Waals surface area contributed by atoms with Crippen LogP contribution < -0.4 is 16.6 Å². The molecular weight excluding hydrogens is 240 g/mol. The number of hydrogen-bond acceptors (Lipinski definition) is 5. The zero-order valence-electron chi connectivity index (χ0n) is 9.77. The number of nitrogens with one attached hydrogen (secondary N) is 3. The Bertz CT molecular complexity index is 563. The van der Waals surface area contributed by atoms with E-state index in [0.717, 1.165) is 6.20 Å². The van der Waals surface area contributed by atoms with Crippen LogP contribution in [0.4, 0.5) is 0 Å². The smallest absolute Gasteiger partial charge is 0.325 e. The standard InChI is InChI=1S/C10H14N4O4/c1-14(6-3-11-4-7(6)15)9(17)5-2-12-10(18)13-8(5)16/h2,6-7,11,15H,3-4H2,1H3,(H2,12,13,16,18)/t6-,7-/m0/s1. The summed E-state index contributed by atoms with van der Waals surface area (Å²) in [4.78, 5) is 39.9. The number of nitrogens with zero attached hydrogens (tertiary/aromatic N) is 1. The fourth-order valence-electron chi connectivity index (χ4n) is 1.96. The molecule has 0 radical (unpaired) electrons. The van der Waals surface area contributed by atoms with Gasteiger partial charge in [-0.05, 0) is 0 Å². The van der Waals surface area contributed by atoms with E-state index >= 15 is 0 Å². The number of carbonyl (C=O) groups is 1. The lowest BCUT2D eigenvalue weighted by atomic mass is 10.1. The van der Waals surface area contributed by atoms with E-state index < -0.39 is 23.3 Å². The molecule has 1 aromatic heterocycles. The Morgan fingerprint density at radius 2 is 2.17 bits per heavy atom. The van der Waals surface area contributed by atoms with Crippen molar-refractivity contribution in [3.05, 3.63) is 32.6 Å². The van der Waals surface area contributed by atoms with Gasteiger partial charge in [0.2, 0.25) is 0 Å². The van der Waals surface area contributed by atoms with E-state index in [2.05, 4.69) is 10.3 Å². The summed E-state index contributed by atoms with van der Waals surface area (Å²) in [7, 11) is 1.51. The van der Waals surface area contributed by atoms with Gasteiger partial charge in [-0.15, -0.1) is 0 Å². The Kier molecular flexibility index (Phi) is 3.30. The van der Waals surface area contributed by atoms with Gasteiger partial charge in [-0.3, -0.25) is 14.6 Å². The van der Waals surface area contributed by atoms with Gasteiger partial charge < -0.3 is 20.3 Å². The van der Waals surface area contributed by atoms with Gasteiger partial charge in [0.15, 0.2) is 0 Å². The molecule has 8 nitrogen and oxygen atoms in total. The van der Waals surface area contributed by atoms with E-state index in [9.17, 15) is 19.5 Å². The molecule has 0 aliphatic carbocycles. The van der Waals surface area contributed by atoms with E-state index in [0.29, 0.717) is 13.1 Å². The number of aliphatic hydroxyl groups excluding tert-OH is 1. The fraction of sp³-hybridized carbons (Fsp3) is 0.500. The summed E-state index contributed by atoms with van der Waals surface area (Å²) >= 11 is 0. The van der Waals surface area contributed by atoms with Crippen LogP contribution in [0.2, 0.25) is 0 Å². The van der Waals surface area contributed by atoms with Gasteiger partial charge in [0.25, 0.3) is 11.5 Å². The summed E-state index contributed by atoms with van der Waals surface area (Å²) in [5.41, 5.74) is -1.56. The van der Waals surface area contributed by atoms with E-state index in [1.54, 1.807) is 0 Å². The molecule has 1 amide bonds. The van der Waals surface area contributed by atoms with Crippen molar-refractivity contribution in [2.24, 2.45) is 0 Å². The van der Waals surface area contributed by atoms with Crippen molar-refractivity contribution < 1.29 is 9.90 Å². The highest BCUT2D eigenvalue weighted by Gasteiger charge is 2.32. The SMILES string of the molecule is CN(C(=O)c1c[nH]c(=O)[nH]c1=O)[C@H]1CNC[C@@H]1O. The topological polar surface area (TPSA) is 118 Å². The van der Waals surface area contributed by atoms with Crippen LogP contribution in [0.15, 0.2) is 15.8 Å². The number of aliphatic hydroxyl groups is 1. The highest BCUT2D eigenvalue weighted by molar-refractivity contribution is 5.93. The Hall–Kier alpha value is -1.93. The maximum absolute atomic E-state index is 12.1. The first-order chi connectivity index (χ1) is 8.50. The van der Waals surface area contributed by atoms with Gasteiger partial charge in [-0.2, -0.15) is 0 Å². The molecule has 18 heavy (non-hydrogen) atoms. The van der Waals surface area contributed by atoms with E-state index in [1.165, 1.54) is 11.9 Å². The molecule has 0 spiro atoms. The summed E-state index contributed by atoms with van der Waals surface area (Å²) in [5.74, 6) is -0.541. The second-order valence-electron chi connectivity index (χ2n) is 4.19. The molecule has 1 fully saturated rings. The van der Waals surface area contributed by atoms with E-state index in [4.69, 9.17) is 0 Å². The second kappa shape index (κ2) is 4.75. The lowest BCUT2D eigenvalue weighted by molar-refractivity contribution is 0.0579. The highest BCUT2D eigenvalue weighted by Crippen LogP contribution is 2.09. The van der Waals surface area contributed by atoms with Crippen LogP contribution >= 0.6 is 0 Å². The zero-order chi connectivity index (χ0) is 13.3. The number of carbonyl (C=O) groups excluding carboxylic acids is 1. The number of hydrogen-bond donors (Lipinski definition) is 4. The minimum absolute atomic E-state index is 0.156. The average Bonchev–Trinajstić information content (AvgIpc) is 2.74. The quantitative estimate of drug-likeness (QED) is 0.464. The van der Waals surface area contributed by atoms with Crippen LogP contribution in [0.25, 0.3) is 0 Å². The number of likely N-dealkylation sites (N-methyl/N-ethyl adjacent to an activating group) is 1. The van der Waals surface area contributed by atoms with Gasteiger partial charge in [0.1, 0.15) is 5.56 Å². The maximum Gasteiger partial charge on any atom is 0.325 e. The lowest BCUT2D eigenvalue weighted by Gasteiger charge is -2.25. The molecular formula is C10H14N4O4. The Balaban J connectivity index is 2.25. The van der Waals surface area contributed by atoms with Crippen molar-refractivity contribution in [3.8, 4) is 0 Å². The largest absolute Gasteiger partial charge is 0.390 e. The van der Waals surface area contributed by atoms with Crippen LogP contribution in [0, 0.1) is 0 Å². The molecule has 0 saturated carbocycles. The van der Waals surface area contributed by atoms with Crippen molar-refractivity contribution in [2.75, 3.05) is 20.1 Å². The number of aromatic amines is 2. The summed E-state index contributed by atoms with van der Waals surface area (Å²) in [6, 6.07) is -0.385. The van der Waals surface area contributed by atoms with Crippen LogP contribution in [-0.4, -0.2) is 58.2 Å². The monoisotopic (exact) mass is 254 g/mol. The second-order valence-corrected chi connectivity index (χ2v) is 4.19. The molecule has 2 atom stereocenters. The molecule has 1 aromatic rings. The number of rotatable bonds is 2. The molecule has 0 bridgehead atoms. The molecule has 2 rings (SSSR count). The van der Waals surface area contributed by atoms with Crippen molar-refractivity contribution in [3.63, 3.8) is 0 Å². The predicted octanol–water partition coefficient (Wildman–Crippen LogP) is -2.53. The third-order valence-electron chi connectivity index (χ3n) is 3.02. The van der Waals surface area contributed by atoms with Gasteiger partial charge >= 0.3 is 5.69 Å². The molecule has 1 aliphatic rings. The number of aromatic nitrogens is 2. The minimum Gasteiger partial charge on any atom is -0.390 e. The Labute approximate surface area is 102 Å². The Morgan fingerprint density at radius 1 is 1.44 bits per heavy atom. The predicted molar refractivity (Wildman–Crippen MR) is 62.4 cm³/mol. The molecule has 0 aromatic carbocycles. The average molecular weight is 254 g/mol. The molecule has 1 aliphatic heterocycles. The fourth-order valence-corrected chi connectivity index (χ4v) is 1.96. The first-order valence-electron chi connectivity index (χ1n) is 5.48. The van der Waals surface area contributed by atoms with Gasteiger partial charge in [0.05, 0.1) is 12.1 Å². The highest BCUT2D eigenvalue weighted by atomic mass is 16.3. The van der Waals surface area contributed by atoms with Crippen LogP contribution in [0.1, 0.15) is 10.4 Å². The van der Waals surface area contributed by atoms with Gasteiger partial charge in [-0.25, -0.2) is 4.79 Å². The van der Waals surface area contributed by atoms with E-state index in [-0.39, 0.29) is 11.6 Å². The number of β-amino-alcohol motifs (C(OH)–C–C–N with tert-alkyl or cyclic N) is 1. The summed E-state index contributed by atoms with van der Waals surface area (Å²) in [6.45, 7) is 0.870. The Morgan fingerprint density at radius 3 is 2.72 bits per heavy atom. The summed E-state index contributed by atoms with van der Waals surface area (Å²) in [6.07, 6.45) is 0.412. The molecule has 2 heterocycles. The minimum atomic E-state index is -0.740. The molecule has 8 heteroatoms. The molecule has 98 valence electrons. The summed E-state index contributed by atoms with van der Waals surface area (Å²) < 4.78 is 0. The molecule has 0 unspecified atom stereocenters. The third-order valence-corrected chi connectivity index (χ3v) is 3.02. The van der Waals surface area contributed by atoms with Crippen LogP contribution in [0.5, 0.6) is 0 Å². The first-order valence-corrected chi connectivity index (χ1v) is 5.48. The third kappa shape index (κ3) is 2.20. The summed E-state index contributed by atoms with van der Waals surface area (Å²) in [5, 5.41) is 12.6. The van der Waals surface area contributed by atoms with Crippen LogP contribution in [0.3, 0.4) is 0 Å². The molecule has 1 saturated heterocycles. The maximum atomic E-state index is 12.1. The van der Waals surface area contributed by atoms with Crippen LogP contribution in [-0.2, 0) is 0 Å². The zero-order valence-corrected chi connectivity index (χ0v) is 9.77. The van der Waals surface area contributed by atoms with Crippen molar-refractivity contribution >= 4 is 5.91 Å². The number of amides is 1. The molecule has 4 N–H and O–H groups in total. The normalized spacial score (nSPS) is 23.0. The van der Waals surface area contributed by atoms with E-state index in [1.807, 2.05) is 4.98 Å². The van der Waals surface area contributed by atoms with Gasteiger partial charge in [0, 0.05) is 26.3 Å².